The molecule has 2 amide bonds. The predicted octanol–water partition coefficient (Wildman–Crippen LogP) is 2.39. The molecule has 1 atom stereocenters. The molecule has 1 fully saturated rings. The molecule has 1 aliphatic heterocycles. The number of carbonyl (C=O) groups excluding carboxylic acids is 2. The van der Waals surface area contributed by atoms with Gasteiger partial charge in [-0.25, -0.2) is 4.98 Å². The highest BCUT2D eigenvalue weighted by atomic mass is 32.2. The summed E-state index contributed by atoms with van der Waals surface area (Å²) in [6, 6.07) is 16.3. The van der Waals surface area contributed by atoms with Crippen LogP contribution in [0.25, 0.3) is 11.0 Å². The van der Waals surface area contributed by atoms with Crippen molar-refractivity contribution in [1.29, 1.82) is 0 Å². The summed E-state index contributed by atoms with van der Waals surface area (Å²) >= 11 is 1.59. The molecule has 1 aromatic heterocycles. The third-order valence-electron chi connectivity index (χ3n) is 4.34. The maximum atomic E-state index is 12.7. The molecule has 0 saturated carbocycles. The molecule has 6 nitrogen and oxygen atoms in total. The number of hydrogen-bond acceptors (Lipinski definition) is 4. The second-order valence-corrected chi connectivity index (χ2v) is 7.07. The molecule has 2 aromatic carbocycles. The smallest absolute Gasteiger partial charge is 0.255 e. The largest absolute Gasteiger partial charge is 0.347 e. The molecule has 4 rings (SSSR count). The lowest BCUT2D eigenvalue weighted by molar-refractivity contribution is -0.124. The zero-order valence-electron chi connectivity index (χ0n) is 14.0. The average molecular weight is 366 g/mol. The maximum Gasteiger partial charge on any atom is 0.255 e. The van der Waals surface area contributed by atoms with Crippen LogP contribution in [0, 0.1) is 0 Å². The number of rotatable bonds is 4. The van der Waals surface area contributed by atoms with Crippen molar-refractivity contribution in [3.8, 4) is 0 Å². The van der Waals surface area contributed by atoms with Gasteiger partial charge in [0.1, 0.15) is 11.9 Å². The highest BCUT2D eigenvalue weighted by Crippen LogP contribution is 2.23. The predicted molar refractivity (Wildman–Crippen MR) is 102 cm³/mol. The van der Waals surface area contributed by atoms with Crippen molar-refractivity contribution in [2.45, 2.75) is 12.6 Å². The quantitative estimate of drug-likeness (QED) is 0.743. The maximum absolute atomic E-state index is 12.7. The fourth-order valence-electron chi connectivity index (χ4n) is 2.98. The fraction of sp³-hybridized carbons (Fsp3) is 0.211. The Labute approximate surface area is 155 Å². The number of benzene rings is 2. The number of amides is 2. The van der Waals surface area contributed by atoms with Gasteiger partial charge in [-0.05, 0) is 24.3 Å². The molecule has 1 unspecified atom stereocenters. The van der Waals surface area contributed by atoms with Gasteiger partial charge in [0.05, 0.1) is 23.5 Å². The normalized spacial score (nSPS) is 16.8. The third-order valence-corrected chi connectivity index (χ3v) is 5.35. The van der Waals surface area contributed by atoms with Gasteiger partial charge in [0.15, 0.2) is 0 Å². The Morgan fingerprint density at radius 1 is 1.15 bits per heavy atom. The first-order valence-electron chi connectivity index (χ1n) is 8.37. The SMILES string of the molecule is O=C(NCc1nc2ccccc2[nH]1)C1CSCN1C(=O)c1ccccc1. The number of nitrogens with zero attached hydrogens (tertiary/aromatic N) is 2. The van der Waals surface area contributed by atoms with Crippen LogP contribution < -0.4 is 5.32 Å². The Balaban J connectivity index is 1.42. The lowest BCUT2D eigenvalue weighted by Crippen LogP contribution is -2.47. The average Bonchev–Trinajstić information content (AvgIpc) is 3.33. The molecular formula is C19H18N4O2S. The lowest BCUT2D eigenvalue weighted by atomic mass is 10.1. The van der Waals surface area contributed by atoms with E-state index in [0.29, 0.717) is 29.6 Å². The van der Waals surface area contributed by atoms with Gasteiger partial charge in [0.2, 0.25) is 5.91 Å². The van der Waals surface area contributed by atoms with Crippen molar-refractivity contribution >= 4 is 34.6 Å². The van der Waals surface area contributed by atoms with Crippen LogP contribution in [0.4, 0.5) is 0 Å². The minimum Gasteiger partial charge on any atom is -0.347 e. The van der Waals surface area contributed by atoms with Crippen LogP contribution in [0.3, 0.4) is 0 Å². The molecule has 7 heteroatoms. The van der Waals surface area contributed by atoms with Crippen molar-refractivity contribution in [3.05, 3.63) is 66.0 Å². The van der Waals surface area contributed by atoms with Crippen molar-refractivity contribution in [2.75, 3.05) is 11.6 Å². The van der Waals surface area contributed by atoms with Crippen LogP contribution in [0.15, 0.2) is 54.6 Å². The van der Waals surface area contributed by atoms with Gasteiger partial charge in [-0.2, -0.15) is 0 Å². The summed E-state index contributed by atoms with van der Waals surface area (Å²) in [5, 5.41) is 2.90. The molecule has 2 heterocycles. The highest BCUT2D eigenvalue weighted by Gasteiger charge is 2.34. The van der Waals surface area contributed by atoms with Crippen LogP contribution >= 0.6 is 11.8 Å². The molecule has 0 spiro atoms. The monoisotopic (exact) mass is 366 g/mol. The summed E-state index contributed by atoms with van der Waals surface area (Å²) in [4.78, 5) is 34.6. The minimum atomic E-state index is -0.461. The van der Waals surface area contributed by atoms with Gasteiger partial charge in [-0.3, -0.25) is 9.59 Å². The van der Waals surface area contributed by atoms with Gasteiger partial charge < -0.3 is 15.2 Å². The van der Waals surface area contributed by atoms with E-state index in [1.54, 1.807) is 28.8 Å². The zero-order chi connectivity index (χ0) is 17.9. The topological polar surface area (TPSA) is 78.1 Å². The third kappa shape index (κ3) is 3.30. The second kappa shape index (κ2) is 7.21. The fourth-order valence-corrected chi connectivity index (χ4v) is 4.14. The summed E-state index contributed by atoms with van der Waals surface area (Å²) in [6.07, 6.45) is 0. The summed E-state index contributed by atoms with van der Waals surface area (Å²) < 4.78 is 0. The summed E-state index contributed by atoms with van der Waals surface area (Å²) in [5.41, 5.74) is 2.41. The van der Waals surface area contributed by atoms with E-state index in [-0.39, 0.29) is 11.8 Å². The van der Waals surface area contributed by atoms with E-state index in [1.807, 2.05) is 42.5 Å². The number of aromatic nitrogens is 2. The standard InChI is InChI=1S/C19H18N4O2S/c24-18(20-10-17-21-14-8-4-5-9-15(14)22-17)16-11-26-12-23(16)19(25)13-6-2-1-3-7-13/h1-9,16H,10-12H2,(H,20,24)(H,21,22). The van der Waals surface area contributed by atoms with Crippen LogP contribution in [0.1, 0.15) is 16.2 Å². The molecule has 3 aromatic rings. The van der Waals surface area contributed by atoms with Crippen LogP contribution in [0.5, 0.6) is 0 Å². The summed E-state index contributed by atoms with van der Waals surface area (Å²) in [6.45, 7) is 0.308. The number of para-hydroxylation sites is 2. The van der Waals surface area contributed by atoms with Gasteiger partial charge in [-0.15, -0.1) is 11.8 Å². The summed E-state index contributed by atoms with van der Waals surface area (Å²) in [7, 11) is 0. The number of fused-ring (bicyclic) bond motifs is 1. The zero-order valence-corrected chi connectivity index (χ0v) is 14.8. The molecule has 26 heavy (non-hydrogen) atoms. The number of imidazole rings is 1. The van der Waals surface area contributed by atoms with Crippen molar-refractivity contribution in [2.24, 2.45) is 0 Å². The number of H-pyrrole nitrogens is 1. The molecule has 0 radical (unpaired) electrons. The van der Waals surface area contributed by atoms with E-state index in [0.717, 1.165) is 11.0 Å². The lowest BCUT2D eigenvalue weighted by Gasteiger charge is -2.23. The number of hydrogen-bond donors (Lipinski definition) is 2. The minimum absolute atomic E-state index is 0.112. The molecular weight excluding hydrogens is 348 g/mol. The Morgan fingerprint density at radius 2 is 1.92 bits per heavy atom. The van der Waals surface area contributed by atoms with E-state index in [4.69, 9.17) is 0 Å². The molecule has 1 saturated heterocycles. The number of nitrogens with one attached hydrogen (secondary N) is 2. The van der Waals surface area contributed by atoms with Crippen molar-refractivity contribution in [1.82, 2.24) is 20.2 Å². The Morgan fingerprint density at radius 3 is 2.73 bits per heavy atom. The number of carbonyl (C=O) groups is 2. The van der Waals surface area contributed by atoms with Gasteiger partial charge in [0.25, 0.3) is 5.91 Å². The van der Waals surface area contributed by atoms with Crippen molar-refractivity contribution in [3.63, 3.8) is 0 Å². The highest BCUT2D eigenvalue weighted by molar-refractivity contribution is 7.99. The Hall–Kier alpha value is -2.80. The molecule has 0 bridgehead atoms. The first-order chi connectivity index (χ1) is 12.7. The van der Waals surface area contributed by atoms with Gasteiger partial charge >= 0.3 is 0 Å². The first-order valence-corrected chi connectivity index (χ1v) is 9.53. The van der Waals surface area contributed by atoms with Crippen molar-refractivity contribution < 1.29 is 9.59 Å². The van der Waals surface area contributed by atoms with E-state index < -0.39 is 6.04 Å². The number of aromatic amines is 1. The Kier molecular flexibility index (Phi) is 4.62. The van der Waals surface area contributed by atoms with E-state index in [1.165, 1.54) is 0 Å². The van der Waals surface area contributed by atoms with Crippen LogP contribution in [-0.2, 0) is 11.3 Å². The van der Waals surface area contributed by atoms with E-state index in [9.17, 15) is 9.59 Å². The van der Waals surface area contributed by atoms with E-state index >= 15 is 0 Å². The molecule has 132 valence electrons. The summed E-state index contributed by atoms with van der Waals surface area (Å²) in [5.74, 6) is 1.56. The number of thioether (sulfide) groups is 1. The molecule has 1 aliphatic rings. The van der Waals surface area contributed by atoms with Crippen LogP contribution in [-0.4, -0.2) is 44.4 Å². The second-order valence-electron chi connectivity index (χ2n) is 6.08. The van der Waals surface area contributed by atoms with Crippen LogP contribution in [0.2, 0.25) is 0 Å². The van der Waals surface area contributed by atoms with Gasteiger partial charge in [-0.1, -0.05) is 30.3 Å². The van der Waals surface area contributed by atoms with Gasteiger partial charge in [0, 0.05) is 11.3 Å². The van der Waals surface area contributed by atoms with E-state index in [2.05, 4.69) is 15.3 Å². The Bertz CT molecular complexity index is 908. The first kappa shape index (κ1) is 16.7. The molecule has 2 N–H and O–H groups in total. The molecule has 0 aliphatic carbocycles.